The number of Topliss-reactive ketones (excluding diaryl/α,β-unsaturated/α-hetero) is 2. The first-order chi connectivity index (χ1) is 17.8. The van der Waals surface area contributed by atoms with E-state index in [1.54, 1.807) is 23.0 Å². The van der Waals surface area contributed by atoms with E-state index >= 15 is 0 Å². The number of nitrogens with one attached hydrogen (secondary N) is 1. The predicted molar refractivity (Wildman–Crippen MR) is 142 cm³/mol. The predicted octanol–water partition coefficient (Wildman–Crippen LogP) is 4.27. The van der Waals surface area contributed by atoms with Gasteiger partial charge in [0.05, 0.1) is 11.1 Å². The lowest BCUT2D eigenvalue weighted by Gasteiger charge is -2.38. The molecule has 0 radical (unpaired) electrons. The summed E-state index contributed by atoms with van der Waals surface area (Å²) in [4.78, 5) is 39.9. The molecule has 0 bridgehead atoms. The Balaban J connectivity index is 1.70. The minimum Gasteiger partial charge on any atom is -0.474 e. The molecule has 1 spiro atoms. The number of hydrogen-bond donors (Lipinski definition) is 2. The molecule has 2 aliphatic rings. The van der Waals surface area contributed by atoms with Crippen molar-refractivity contribution in [2.24, 2.45) is 17.1 Å². The number of halogens is 1. The molecule has 2 aromatic heterocycles. The van der Waals surface area contributed by atoms with Crippen molar-refractivity contribution in [2.45, 2.75) is 77.7 Å². The molecule has 0 amide bonds. The van der Waals surface area contributed by atoms with Gasteiger partial charge < -0.3 is 15.8 Å². The molecule has 2 aliphatic carbocycles. The zero-order valence-corrected chi connectivity index (χ0v) is 22.7. The van der Waals surface area contributed by atoms with Gasteiger partial charge in [0.15, 0.2) is 11.6 Å². The van der Waals surface area contributed by atoms with E-state index in [0.717, 1.165) is 38.6 Å². The lowest BCUT2D eigenvalue weighted by Crippen LogP contribution is -2.45. The third kappa shape index (κ3) is 5.72. The van der Waals surface area contributed by atoms with Gasteiger partial charge >= 0.3 is 0 Å². The number of imidazole rings is 1. The molecule has 0 unspecified atom stereocenters. The normalized spacial score (nSPS) is 23.2. The highest BCUT2D eigenvalue weighted by Gasteiger charge is 2.49. The van der Waals surface area contributed by atoms with Crippen molar-refractivity contribution >= 4 is 28.9 Å². The molecule has 0 aromatic carbocycles. The number of nitrogens with two attached hydrogens (primary N) is 1. The number of hydrogen-bond acceptors (Lipinski definition) is 8. The van der Waals surface area contributed by atoms with Gasteiger partial charge in [-0.2, -0.15) is 4.98 Å². The third-order valence-electron chi connectivity index (χ3n) is 7.82. The van der Waals surface area contributed by atoms with Crippen LogP contribution in [-0.4, -0.2) is 50.8 Å². The second kappa shape index (κ2) is 11.7. The van der Waals surface area contributed by atoms with Gasteiger partial charge in [0, 0.05) is 30.5 Å². The van der Waals surface area contributed by atoms with Gasteiger partial charge in [-0.05, 0) is 83.0 Å². The van der Waals surface area contributed by atoms with Crippen LogP contribution in [0.4, 0.5) is 0 Å². The Labute approximate surface area is 223 Å². The van der Waals surface area contributed by atoms with Gasteiger partial charge in [-0.25, -0.2) is 9.97 Å². The minimum absolute atomic E-state index is 0.0405. The second-order valence-corrected chi connectivity index (χ2v) is 10.6. The smallest absolute Gasteiger partial charge is 0.219 e. The van der Waals surface area contributed by atoms with E-state index in [1.807, 2.05) is 14.0 Å². The standard InChI is InChI=1S/C27H37ClN6O3/c1-17(8-7-13-30-3)18(2)37-22-16-21(34-15-14-31-26(34)28)32-25(33-22)23(29)19-9-6-12-27(24(19)36)11-5-4-10-20(27)35/h14-18,30H,4-13,29H2,1-3H3/t17-,18-,27+/m0/s1. The molecule has 4 rings (SSSR count). The average molecular weight is 529 g/mol. The molecule has 3 N–H and O–H groups in total. The van der Waals surface area contributed by atoms with Crippen LogP contribution in [0, 0.1) is 11.3 Å². The van der Waals surface area contributed by atoms with Crippen LogP contribution >= 0.6 is 11.6 Å². The summed E-state index contributed by atoms with van der Waals surface area (Å²) < 4.78 is 7.86. The summed E-state index contributed by atoms with van der Waals surface area (Å²) in [6.45, 7) is 5.11. The summed E-state index contributed by atoms with van der Waals surface area (Å²) in [5.41, 5.74) is 6.29. The molecule has 37 heavy (non-hydrogen) atoms. The van der Waals surface area contributed by atoms with Crippen molar-refractivity contribution in [3.05, 3.63) is 35.1 Å². The van der Waals surface area contributed by atoms with E-state index in [2.05, 4.69) is 27.2 Å². The first-order valence-electron chi connectivity index (χ1n) is 13.2. The SMILES string of the molecule is CNCCC[C@H](C)[C@H](C)Oc1cc(-n2ccnc2Cl)nc(C(N)=C2CCC[C@@]3(CCCCC3=O)C2=O)n1. The first-order valence-corrected chi connectivity index (χ1v) is 13.6. The maximum absolute atomic E-state index is 13.7. The molecule has 3 atom stereocenters. The molecule has 200 valence electrons. The van der Waals surface area contributed by atoms with Crippen LogP contribution in [0.15, 0.2) is 24.0 Å². The first kappa shape index (κ1) is 27.3. The fraction of sp³-hybridized carbons (Fsp3) is 0.593. The Kier molecular flexibility index (Phi) is 8.64. The van der Waals surface area contributed by atoms with Gasteiger partial charge in [0.2, 0.25) is 11.2 Å². The van der Waals surface area contributed by atoms with E-state index < -0.39 is 5.41 Å². The number of nitrogens with zero attached hydrogens (tertiary/aromatic N) is 4. The number of ketones is 2. The molecule has 0 saturated heterocycles. The monoisotopic (exact) mass is 528 g/mol. The third-order valence-corrected chi connectivity index (χ3v) is 8.10. The Morgan fingerprint density at radius 1 is 1.22 bits per heavy atom. The van der Waals surface area contributed by atoms with Crippen LogP contribution < -0.4 is 15.8 Å². The van der Waals surface area contributed by atoms with Crippen molar-refractivity contribution in [3.63, 3.8) is 0 Å². The highest BCUT2D eigenvalue weighted by atomic mass is 35.5. The van der Waals surface area contributed by atoms with E-state index in [-0.39, 0.29) is 34.5 Å². The van der Waals surface area contributed by atoms with Crippen molar-refractivity contribution in [1.82, 2.24) is 24.8 Å². The molecular weight excluding hydrogens is 492 g/mol. The van der Waals surface area contributed by atoms with Crippen LogP contribution in [0.25, 0.3) is 11.5 Å². The fourth-order valence-electron chi connectivity index (χ4n) is 5.39. The van der Waals surface area contributed by atoms with Gasteiger partial charge in [-0.1, -0.05) is 13.3 Å². The van der Waals surface area contributed by atoms with E-state index in [1.165, 1.54) is 0 Å². The number of rotatable bonds is 9. The van der Waals surface area contributed by atoms with E-state index in [0.29, 0.717) is 48.9 Å². The summed E-state index contributed by atoms with van der Waals surface area (Å²) in [7, 11) is 1.94. The van der Waals surface area contributed by atoms with Crippen molar-refractivity contribution in [2.75, 3.05) is 13.6 Å². The largest absolute Gasteiger partial charge is 0.474 e. The highest BCUT2D eigenvalue weighted by Crippen LogP contribution is 2.45. The van der Waals surface area contributed by atoms with Crippen molar-refractivity contribution in [1.29, 1.82) is 0 Å². The summed E-state index contributed by atoms with van der Waals surface area (Å²) >= 11 is 6.28. The minimum atomic E-state index is -0.946. The molecular formula is C27H37ClN6O3. The van der Waals surface area contributed by atoms with Crippen LogP contribution in [0.3, 0.4) is 0 Å². The molecule has 2 fully saturated rings. The maximum Gasteiger partial charge on any atom is 0.219 e. The highest BCUT2D eigenvalue weighted by molar-refractivity contribution is 6.28. The number of carbonyl (C=O) groups is 2. The topological polar surface area (TPSA) is 125 Å². The number of allylic oxidation sites excluding steroid dienone is 1. The summed E-state index contributed by atoms with van der Waals surface area (Å²) in [5, 5.41) is 3.40. The van der Waals surface area contributed by atoms with Crippen LogP contribution in [-0.2, 0) is 9.59 Å². The molecule has 2 aromatic rings. The Morgan fingerprint density at radius 3 is 2.70 bits per heavy atom. The van der Waals surface area contributed by atoms with Gasteiger partial charge in [-0.15, -0.1) is 0 Å². The van der Waals surface area contributed by atoms with Crippen LogP contribution in [0.5, 0.6) is 5.88 Å². The van der Waals surface area contributed by atoms with Crippen LogP contribution in [0.2, 0.25) is 5.28 Å². The molecule has 0 aliphatic heterocycles. The quantitative estimate of drug-likeness (QED) is 0.281. The van der Waals surface area contributed by atoms with E-state index in [4.69, 9.17) is 22.1 Å². The average Bonchev–Trinajstić information content (AvgIpc) is 3.32. The van der Waals surface area contributed by atoms with Gasteiger partial charge in [0.1, 0.15) is 17.7 Å². The molecule has 10 heteroatoms. The Hall–Kier alpha value is -2.78. The van der Waals surface area contributed by atoms with E-state index in [9.17, 15) is 9.59 Å². The van der Waals surface area contributed by atoms with Gasteiger partial charge in [-0.3, -0.25) is 14.2 Å². The summed E-state index contributed by atoms with van der Waals surface area (Å²) in [6, 6.07) is 1.70. The summed E-state index contributed by atoms with van der Waals surface area (Å²) in [5.74, 6) is 1.14. The summed E-state index contributed by atoms with van der Waals surface area (Å²) in [6.07, 6.45) is 9.74. The van der Waals surface area contributed by atoms with Crippen molar-refractivity contribution in [3.8, 4) is 11.7 Å². The Morgan fingerprint density at radius 2 is 2.00 bits per heavy atom. The number of carbonyl (C=O) groups excluding carboxylic acids is 2. The lowest BCUT2D eigenvalue weighted by molar-refractivity contribution is -0.143. The lowest BCUT2D eigenvalue weighted by atomic mass is 9.62. The van der Waals surface area contributed by atoms with Gasteiger partial charge in [0.25, 0.3) is 0 Å². The van der Waals surface area contributed by atoms with Crippen LogP contribution in [0.1, 0.15) is 77.5 Å². The second-order valence-electron chi connectivity index (χ2n) is 10.3. The zero-order chi connectivity index (χ0) is 26.6. The van der Waals surface area contributed by atoms with Crippen molar-refractivity contribution < 1.29 is 14.3 Å². The zero-order valence-electron chi connectivity index (χ0n) is 21.9. The molecule has 2 saturated carbocycles. The maximum atomic E-state index is 13.7. The molecule has 9 nitrogen and oxygen atoms in total. The Bertz CT molecular complexity index is 1170. The molecule has 2 heterocycles. The fourth-order valence-corrected chi connectivity index (χ4v) is 5.59. The number of aromatic nitrogens is 4. The number of ether oxygens (including phenoxy) is 1.